The highest BCUT2D eigenvalue weighted by Crippen LogP contribution is 2.40. The summed E-state index contributed by atoms with van der Waals surface area (Å²) >= 11 is 0. The first-order valence-electron chi connectivity index (χ1n) is 7.00. The minimum absolute atomic E-state index is 0.0680. The standard InChI is InChI=1S/C16H14N2O5S/c1-21-16-12(6-11(8-18-16)24(2,19)20)14-9-22-15-10(7-17)4-3-5-13(15)23-14/h3-6,8,14H,9H2,1-2H3. The second-order valence-corrected chi connectivity index (χ2v) is 7.22. The Morgan fingerprint density at radius 2 is 2.21 bits per heavy atom. The zero-order valence-electron chi connectivity index (χ0n) is 13.0. The van der Waals surface area contributed by atoms with E-state index in [1.807, 2.05) is 6.07 Å². The van der Waals surface area contributed by atoms with Gasteiger partial charge in [0.05, 0.1) is 23.1 Å². The quantitative estimate of drug-likeness (QED) is 0.836. The van der Waals surface area contributed by atoms with Gasteiger partial charge in [-0.1, -0.05) is 6.07 Å². The van der Waals surface area contributed by atoms with Crippen molar-refractivity contribution in [3.05, 3.63) is 41.6 Å². The molecule has 1 aliphatic rings. The van der Waals surface area contributed by atoms with Crippen LogP contribution in [-0.4, -0.2) is 33.4 Å². The maximum absolute atomic E-state index is 11.8. The zero-order chi connectivity index (χ0) is 17.3. The molecular formula is C16H14N2O5S. The van der Waals surface area contributed by atoms with E-state index in [0.717, 1.165) is 6.26 Å². The summed E-state index contributed by atoms with van der Waals surface area (Å²) < 4.78 is 40.3. The Kier molecular flexibility index (Phi) is 4.03. The third-order valence-corrected chi connectivity index (χ3v) is 4.65. The lowest BCUT2D eigenvalue weighted by Crippen LogP contribution is -2.23. The van der Waals surface area contributed by atoms with E-state index in [-0.39, 0.29) is 17.4 Å². The van der Waals surface area contributed by atoms with Crippen LogP contribution in [0.5, 0.6) is 17.4 Å². The largest absolute Gasteiger partial charge is 0.484 e. The molecular weight excluding hydrogens is 332 g/mol. The maximum atomic E-state index is 11.8. The van der Waals surface area contributed by atoms with Crippen LogP contribution in [0, 0.1) is 11.3 Å². The van der Waals surface area contributed by atoms with Gasteiger partial charge in [-0.3, -0.25) is 0 Å². The number of nitrogens with zero attached hydrogens (tertiary/aromatic N) is 2. The zero-order valence-corrected chi connectivity index (χ0v) is 13.8. The van der Waals surface area contributed by atoms with Gasteiger partial charge in [-0.25, -0.2) is 13.4 Å². The molecule has 0 saturated carbocycles. The number of hydrogen-bond donors (Lipinski definition) is 0. The Hall–Kier alpha value is -2.79. The van der Waals surface area contributed by atoms with E-state index in [9.17, 15) is 8.42 Å². The van der Waals surface area contributed by atoms with Crippen LogP contribution >= 0.6 is 0 Å². The van der Waals surface area contributed by atoms with E-state index in [1.165, 1.54) is 19.4 Å². The Morgan fingerprint density at radius 1 is 1.42 bits per heavy atom. The van der Waals surface area contributed by atoms with Gasteiger partial charge in [0, 0.05) is 12.5 Å². The first kappa shape index (κ1) is 16.1. The molecule has 0 radical (unpaired) electrons. The predicted molar refractivity (Wildman–Crippen MR) is 83.9 cm³/mol. The molecule has 24 heavy (non-hydrogen) atoms. The Morgan fingerprint density at radius 3 is 2.88 bits per heavy atom. The lowest BCUT2D eigenvalue weighted by Gasteiger charge is -2.28. The lowest BCUT2D eigenvalue weighted by molar-refractivity contribution is 0.0883. The number of pyridine rings is 1. The molecule has 0 bridgehead atoms. The number of hydrogen-bond acceptors (Lipinski definition) is 7. The van der Waals surface area contributed by atoms with Crippen LogP contribution in [0.4, 0.5) is 0 Å². The Balaban J connectivity index is 2.03. The highest BCUT2D eigenvalue weighted by Gasteiger charge is 2.28. The first-order valence-corrected chi connectivity index (χ1v) is 8.89. The molecule has 0 N–H and O–H groups in total. The third kappa shape index (κ3) is 2.86. The van der Waals surface area contributed by atoms with Crippen LogP contribution < -0.4 is 14.2 Å². The summed E-state index contributed by atoms with van der Waals surface area (Å²) in [5.41, 5.74) is 0.842. The topological polar surface area (TPSA) is 98.5 Å². The smallest absolute Gasteiger partial charge is 0.220 e. The molecule has 8 heteroatoms. The monoisotopic (exact) mass is 346 g/mol. The van der Waals surface area contributed by atoms with Crippen molar-refractivity contribution in [1.82, 2.24) is 4.98 Å². The van der Waals surface area contributed by atoms with Gasteiger partial charge in [-0.15, -0.1) is 0 Å². The second-order valence-electron chi connectivity index (χ2n) is 5.20. The molecule has 0 amide bonds. The van der Waals surface area contributed by atoms with E-state index < -0.39 is 15.9 Å². The Bertz CT molecular complexity index is 934. The molecule has 0 saturated heterocycles. The molecule has 1 unspecified atom stereocenters. The van der Waals surface area contributed by atoms with Crippen molar-refractivity contribution in [1.29, 1.82) is 5.26 Å². The van der Waals surface area contributed by atoms with Gasteiger partial charge in [0.2, 0.25) is 5.88 Å². The highest BCUT2D eigenvalue weighted by molar-refractivity contribution is 7.90. The molecule has 0 aliphatic carbocycles. The molecule has 2 heterocycles. The first-order chi connectivity index (χ1) is 11.4. The van der Waals surface area contributed by atoms with E-state index in [2.05, 4.69) is 4.98 Å². The van der Waals surface area contributed by atoms with Gasteiger partial charge in [0.25, 0.3) is 0 Å². The number of aromatic nitrogens is 1. The number of sulfone groups is 1. The average Bonchev–Trinajstić information content (AvgIpc) is 2.59. The minimum atomic E-state index is -3.42. The Labute approximate surface area is 139 Å². The lowest BCUT2D eigenvalue weighted by atomic mass is 10.1. The van der Waals surface area contributed by atoms with E-state index in [1.54, 1.807) is 18.2 Å². The number of fused-ring (bicyclic) bond motifs is 1. The van der Waals surface area contributed by atoms with Crippen molar-refractivity contribution < 1.29 is 22.6 Å². The fourth-order valence-corrected chi connectivity index (χ4v) is 2.98. The van der Waals surface area contributed by atoms with Crippen molar-refractivity contribution in [2.24, 2.45) is 0 Å². The molecule has 0 fully saturated rings. The third-order valence-electron chi connectivity index (χ3n) is 3.57. The number of rotatable bonds is 3. The molecule has 7 nitrogen and oxygen atoms in total. The molecule has 1 aliphatic heterocycles. The summed E-state index contributed by atoms with van der Waals surface area (Å²) in [6.45, 7) is 0.108. The summed E-state index contributed by atoms with van der Waals surface area (Å²) in [6.07, 6.45) is 1.74. The molecule has 3 rings (SSSR count). The van der Waals surface area contributed by atoms with Crippen LogP contribution in [0.2, 0.25) is 0 Å². The molecule has 124 valence electrons. The van der Waals surface area contributed by atoms with E-state index in [4.69, 9.17) is 19.5 Å². The number of ether oxygens (including phenoxy) is 3. The van der Waals surface area contributed by atoms with Gasteiger partial charge < -0.3 is 14.2 Å². The van der Waals surface area contributed by atoms with Crippen molar-refractivity contribution >= 4 is 9.84 Å². The van der Waals surface area contributed by atoms with Gasteiger partial charge in [-0.2, -0.15) is 5.26 Å². The number of para-hydroxylation sites is 1. The highest BCUT2D eigenvalue weighted by atomic mass is 32.2. The second kappa shape index (κ2) is 6.02. The van der Waals surface area contributed by atoms with Crippen LogP contribution in [0.15, 0.2) is 35.4 Å². The molecule has 1 aromatic heterocycles. The van der Waals surface area contributed by atoms with Crippen molar-refractivity contribution in [2.45, 2.75) is 11.0 Å². The molecule has 2 aromatic rings. The summed E-state index contributed by atoms with van der Waals surface area (Å²) in [5, 5.41) is 9.10. The van der Waals surface area contributed by atoms with Crippen LogP contribution in [0.3, 0.4) is 0 Å². The normalized spacial score (nSPS) is 16.3. The van der Waals surface area contributed by atoms with Gasteiger partial charge in [-0.05, 0) is 18.2 Å². The molecule has 0 spiro atoms. The van der Waals surface area contributed by atoms with Gasteiger partial charge in [0.15, 0.2) is 27.4 Å². The number of benzene rings is 1. The SMILES string of the molecule is COc1ncc(S(C)(=O)=O)cc1C1COc2c(C#N)cccc2O1. The van der Waals surface area contributed by atoms with Gasteiger partial charge in [0.1, 0.15) is 12.7 Å². The van der Waals surface area contributed by atoms with E-state index >= 15 is 0 Å². The summed E-state index contributed by atoms with van der Waals surface area (Å²) in [7, 11) is -1.98. The van der Waals surface area contributed by atoms with Crippen molar-refractivity contribution in [2.75, 3.05) is 20.0 Å². The maximum Gasteiger partial charge on any atom is 0.220 e. The molecule has 1 atom stereocenters. The summed E-state index contributed by atoms with van der Waals surface area (Å²) in [5.74, 6) is 1.05. The average molecular weight is 346 g/mol. The fraction of sp³-hybridized carbons (Fsp3) is 0.250. The van der Waals surface area contributed by atoms with E-state index in [0.29, 0.717) is 22.6 Å². The molecule has 1 aromatic carbocycles. The predicted octanol–water partition coefficient (Wildman–Crippen LogP) is 1.88. The van der Waals surface area contributed by atoms with Gasteiger partial charge >= 0.3 is 0 Å². The van der Waals surface area contributed by atoms with Crippen LogP contribution in [0.1, 0.15) is 17.2 Å². The van der Waals surface area contributed by atoms with Crippen molar-refractivity contribution in [3.63, 3.8) is 0 Å². The van der Waals surface area contributed by atoms with Crippen LogP contribution in [-0.2, 0) is 9.84 Å². The number of nitriles is 1. The summed E-state index contributed by atoms with van der Waals surface area (Å²) in [6, 6.07) is 8.51. The number of methoxy groups -OCH3 is 1. The van der Waals surface area contributed by atoms with Crippen molar-refractivity contribution in [3.8, 4) is 23.4 Å². The summed E-state index contributed by atoms with van der Waals surface area (Å²) in [4.78, 5) is 4.11. The fourth-order valence-electron chi connectivity index (χ4n) is 2.40. The van der Waals surface area contributed by atoms with Crippen LogP contribution in [0.25, 0.3) is 0 Å². The minimum Gasteiger partial charge on any atom is -0.484 e.